The van der Waals surface area contributed by atoms with Gasteiger partial charge in [0.25, 0.3) is 5.91 Å². The van der Waals surface area contributed by atoms with Gasteiger partial charge in [0.15, 0.2) is 5.65 Å². The number of hydrogen-bond acceptors (Lipinski definition) is 4. The molecule has 1 unspecified atom stereocenters. The van der Waals surface area contributed by atoms with Gasteiger partial charge in [0.2, 0.25) is 0 Å². The highest BCUT2D eigenvalue weighted by Gasteiger charge is 2.34. The summed E-state index contributed by atoms with van der Waals surface area (Å²) in [5.41, 5.74) is 0.191. The van der Waals surface area contributed by atoms with Gasteiger partial charge in [-0.3, -0.25) is 9.89 Å². The Labute approximate surface area is 146 Å². The fourth-order valence-electron chi connectivity index (χ4n) is 2.59. The number of hydrogen-bond donors (Lipinski definition) is 3. The first-order chi connectivity index (χ1) is 12.3. The van der Waals surface area contributed by atoms with E-state index in [0.717, 1.165) is 11.8 Å². The average molecular weight is 364 g/mol. The number of benzene rings is 1. The van der Waals surface area contributed by atoms with Crippen LogP contribution in [0.15, 0.2) is 36.5 Å². The van der Waals surface area contributed by atoms with E-state index in [1.807, 2.05) is 0 Å². The molecule has 26 heavy (non-hydrogen) atoms. The van der Waals surface area contributed by atoms with Crippen molar-refractivity contribution in [2.45, 2.75) is 19.2 Å². The van der Waals surface area contributed by atoms with Crippen LogP contribution >= 0.6 is 0 Å². The number of nitrogens with zero attached hydrogens (tertiary/aromatic N) is 2. The zero-order valence-corrected chi connectivity index (χ0v) is 13.6. The van der Waals surface area contributed by atoms with E-state index in [1.54, 1.807) is 13.0 Å². The van der Waals surface area contributed by atoms with E-state index in [0.29, 0.717) is 11.0 Å². The first kappa shape index (κ1) is 17.9. The number of aromatic amines is 1. The van der Waals surface area contributed by atoms with E-state index >= 15 is 0 Å². The molecule has 0 saturated heterocycles. The second-order valence-corrected chi connectivity index (χ2v) is 5.75. The molecular formula is C17H15F3N4O2. The first-order valence-corrected chi connectivity index (χ1v) is 7.70. The van der Waals surface area contributed by atoms with Crippen LogP contribution in [-0.4, -0.2) is 32.7 Å². The Morgan fingerprint density at radius 1 is 1.35 bits per heavy atom. The van der Waals surface area contributed by atoms with Gasteiger partial charge in [0, 0.05) is 23.8 Å². The maximum Gasteiger partial charge on any atom is 0.416 e. The highest BCUT2D eigenvalue weighted by Crippen LogP contribution is 2.34. The summed E-state index contributed by atoms with van der Waals surface area (Å²) in [5, 5.41) is 19.9. The molecule has 2 heterocycles. The van der Waals surface area contributed by atoms with Crippen LogP contribution in [0.2, 0.25) is 0 Å². The van der Waals surface area contributed by atoms with Gasteiger partial charge in [-0.25, -0.2) is 4.98 Å². The van der Waals surface area contributed by atoms with Gasteiger partial charge in [-0.2, -0.15) is 18.3 Å². The molecule has 0 fully saturated rings. The largest absolute Gasteiger partial charge is 0.416 e. The minimum absolute atomic E-state index is 0.221. The standard InChI is InChI=1S/C17H15F3N4O2/c1-9-12-6-10(7-21-15(12)24-23-9)16(26)22-8-14(25)11-4-2-3-5-13(11)17(18,19)20/h2-7,14,25H,8H2,1H3,(H,22,26)(H,21,23,24). The van der Waals surface area contributed by atoms with Crippen LogP contribution in [0.5, 0.6) is 0 Å². The molecule has 3 aromatic rings. The van der Waals surface area contributed by atoms with Gasteiger partial charge in [-0.05, 0) is 24.6 Å². The van der Waals surface area contributed by atoms with Gasteiger partial charge in [0.1, 0.15) is 0 Å². The van der Waals surface area contributed by atoms with Crippen molar-refractivity contribution >= 4 is 16.9 Å². The lowest BCUT2D eigenvalue weighted by Crippen LogP contribution is -2.29. The zero-order chi connectivity index (χ0) is 18.9. The van der Waals surface area contributed by atoms with Crippen LogP contribution in [0.4, 0.5) is 13.2 Å². The van der Waals surface area contributed by atoms with E-state index in [4.69, 9.17) is 0 Å². The molecule has 1 aromatic carbocycles. The van der Waals surface area contributed by atoms with Crippen LogP contribution < -0.4 is 5.32 Å². The number of fused-ring (bicyclic) bond motifs is 1. The summed E-state index contributed by atoms with van der Waals surface area (Å²) >= 11 is 0. The second kappa shape index (κ2) is 6.75. The highest BCUT2D eigenvalue weighted by molar-refractivity contribution is 5.97. The third kappa shape index (κ3) is 3.52. The van der Waals surface area contributed by atoms with Crippen molar-refractivity contribution in [3.63, 3.8) is 0 Å². The van der Waals surface area contributed by atoms with E-state index in [2.05, 4.69) is 20.5 Å². The molecule has 9 heteroatoms. The van der Waals surface area contributed by atoms with Crippen molar-refractivity contribution in [1.29, 1.82) is 0 Å². The number of alkyl halides is 3. The number of aromatic nitrogens is 3. The average Bonchev–Trinajstić information content (AvgIpc) is 2.99. The number of aliphatic hydroxyl groups excluding tert-OH is 1. The Morgan fingerprint density at radius 2 is 2.08 bits per heavy atom. The Balaban J connectivity index is 1.74. The molecule has 0 spiro atoms. The number of carbonyl (C=O) groups is 1. The monoisotopic (exact) mass is 364 g/mol. The molecule has 6 nitrogen and oxygen atoms in total. The van der Waals surface area contributed by atoms with Crippen molar-refractivity contribution in [2.75, 3.05) is 6.54 Å². The van der Waals surface area contributed by atoms with Gasteiger partial charge >= 0.3 is 6.18 Å². The lowest BCUT2D eigenvalue weighted by atomic mass is 10.0. The van der Waals surface area contributed by atoms with Crippen LogP contribution in [0.3, 0.4) is 0 Å². The minimum Gasteiger partial charge on any atom is -0.387 e. The summed E-state index contributed by atoms with van der Waals surface area (Å²) in [6.07, 6.45) is -4.77. The lowest BCUT2D eigenvalue weighted by Gasteiger charge is -2.17. The molecule has 0 aliphatic rings. The molecular weight excluding hydrogens is 349 g/mol. The van der Waals surface area contributed by atoms with Crippen LogP contribution in [0.25, 0.3) is 11.0 Å². The maximum absolute atomic E-state index is 13.0. The van der Waals surface area contributed by atoms with Gasteiger partial charge in [-0.1, -0.05) is 18.2 Å². The topological polar surface area (TPSA) is 90.9 Å². The van der Waals surface area contributed by atoms with Crippen molar-refractivity contribution in [1.82, 2.24) is 20.5 Å². The summed E-state index contributed by atoms with van der Waals surface area (Å²) in [5.74, 6) is -0.552. The molecule has 3 N–H and O–H groups in total. The molecule has 0 saturated carbocycles. The molecule has 1 amide bonds. The number of H-pyrrole nitrogens is 1. The van der Waals surface area contributed by atoms with Crippen LogP contribution in [0, 0.1) is 6.92 Å². The molecule has 2 aromatic heterocycles. The first-order valence-electron chi connectivity index (χ1n) is 7.70. The van der Waals surface area contributed by atoms with E-state index < -0.39 is 23.8 Å². The molecule has 136 valence electrons. The Hall–Kier alpha value is -2.94. The predicted molar refractivity (Wildman–Crippen MR) is 87.4 cm³/mol. The number of aryl methyl sites for hydroxylation is 1. The molecule has 0 aliphatic heterocycles. The third-order valence-corrected chi connectivity index (χ3v) is 3.94. The van der Waals surface area contributed by atoms with Gasteiger partial charge in [-0.15, -0.1) is 0 Å². The summed E-state index contributed by atoms with van der Waals surface area (Å²) in [6, 6.07) is 6.29. The van der Waals surface area contributed by atoms with Gasteiger partial charge in [0.05, 0.1) is 17.2 Å². The highest BCUT2D eigenvalue weighted by atomic mass is 19.4. The minimum atomic E-state index is -4.59. The fourth-order valence-corrected chi connectivity index (χ4v) is 2.59. The zero-order valence-electron chi connectivity index (χ0n) is 13.6. The Kier molecular flexibility index (Phi) is 4.64. The van der Waals surface area contributed by atoms with Crippen molar-refractivity contribution in [3.05, 3.63) is 58.9 Å². The molecule has 0 bridgehead atoms. The third-order valence-electron chi connectivity index (χ3n) is 3.94. The van der Waals surface area contributed by atoms with E-state index in [1.165, 1.54) is 24.4 Å². The van der Waals surface area contributed by atoms with Crippen LogP contribution in [-0.2, 0) is 6.18 Å². The number of carbonyl (C=O) groups excluding carboxylic acids is 1. The van der Waals surface area contributed by atoms with Crippen molar-refractivity contribution < 1.29 is 23.1 Å². The number of halogens is 3. The normalized spacial score (nSPS) is 13.0. The maximum atomic E-state index is 13.0. The molecule has 0 aliphatic carbocycles. The summed E-state index contributed by atoms with van der Waals surface area (Å²) in [4.78, 5) is 16.3. The predicted octanol–water partition coefficient (Wildman–Crippen LogP) is 2.75. The SMILES string of the molecule is Cc1[nH]nc2ncc(C(=O)NCC(O)c3ccccc3C(F)(F)F)cc12. The fraction of sp³-hybridized carbons (Fsp3) is 0.235. The molecule has 3 rings (SSSR count). The van der Waals surface area contributed by atoms with E-state index in [9.17, 15) is 23.1 Å². The number of amides is 1. The Bertz CT molecular complexity index is 953. The van der Waals surface area contributed by atoms with Gasteiger partial charge < -0.3 is 10.4 Å². The number of pyridine rings is 1. The van der Waals surface area contributed by atoms with Crippen LogP contribution in [0.1, 0.15) is 33.3 Å². The molecule has 0 radical (unpaired) electrons. The number of aliphatic hydroxyl groups is 1. The Morgan fingerprint density at radius 3 is 2.81 bits per heavy atom. The number of rotatable bonds is 4. The molecule has 1 atom stereocenters. The quantitative estimate of drug-likeness (QED) is 0.664. The van der Waals surface area contributed by atoms with E-state index in [-0.39, 0.29) is 17.7 Å². The number of nitrogens with one attached hydrogen (secondary N) is 2. The van der Waals surface area contributed by atoms with Crippen molar-refractivity contribution in [3.8, 4) is 0 Å². The summed E-state index contributed by atoms with van der Waals surface area (Å²) in [6.45, 7) is 1.41. The second-order valence-electron chi connectivity index (χ2n) is 5.75. The van der Waals surface area contributed by atoms with Crippen molar-refractivity contribution in [2.24, 2.45) is 0 Å². The summed E-state index contributed by atoms with van der Waals surface area (Å²) < 4.78 is 39.0. The lowest BCUT2D eigenvalue weighted by molar-refractivity contribution is -0.139. The summed E-state index contributed by atoms with van der Waals surface area (Å²) in [7, 11) is 0. The smallest absolute Gasteiger partial charge is 0.387 e.